The van der Waals surface area contributed by atoms with Crippen molar-refractivity contribution in [3.63, 3.8) is 0 Å². The average Bonchev–Trinajstić information content (AvgIpc) is 2.74. The normalized spacial score (nSPS) is 9.60. The van der Waals surface area contributed by atoms with Gasteiger partial charge >= 0.3 is 0 Å². The number of nitrogens with zero attached hydrogens (tertiary/aromatic N) is 7. The van der Waals surface area contributed by atoms with Gasteiger partial charge in [0.25, 0.3) is 0 Å². The Morgan fingerprint density at radius 1 is 0.833 bits per heavy atom. The van der Waals surface area contributed by atoms with Crippen molar-refractivity contribution < 1.29 is 0 Å². The van der Waals surface area contributed by atoms with Crippen LogP contribution in [0.4, 0.5) is 0 Å². The fraction of sp³-hybridized carbons (Fsp3) is 0.737. The molecule has 0 aliphatic heterocycles. The fourth-order valence-electron chi connectivity index (χ4n) is 0.825. The predicted octanol–water partition coefficient (Wildman–Crippen LogP) is 4.00. The summed E-state index contributed by atoms with van der Waals surface area (Å²) >= 11 is 1.61. The third kappa shape index (κ3) is 167. The quantitative estimate of drug-likeness (QED) is 0.246. The van der Waals surface area contributed by atoms with Crippen LogP contribution >= 0.6 is 11.8 Å². The molecule has 10 nitrogen and oxygen atoms in total. The molecule has 0 bridgehead atoms. The monoisotopic (exact) mass is 448 g/mol. The standard InChI is InChI=1S/2C4H9N.2C3H8N2.C3H7NS.C2H7N3/c2*1-3-4-5-2;1-4-3-5-2;1-3-5-4-2;1-4-3-5-2;1-3-5-4-2/h4H,3H2,1-2H3;3-5H,1-2H3;3H,1-2H3,(H,4,5);3H2,1-2H3;3H,1-2H3;1-2H3,(H,3,4). The largest absolute Gasteiger partial charge is 0.394 e. The van der Waals surface area contributed by atoms with Gasteiger partial charge in [0.15, 0.2) is 0 Å². The first-order valence-electron chi connectivity index (χ1n) is 9.40. The summed E-state index contributed by atoms with van der Waals surface area (Å²) < 4.78 is 0. The number of hydrogen-bond donors (Lipinski definition) is 3. The van der Waals surface area contributed by atoms with Gasteiger partial charge in [-0.2, -0.15) is 15.3 Å². The van der Waals surface area contributed by atoms with Crippen LogP contribution < -0.4 is 16.1 Å². The number of hydrogen-bond acceptors (Lipinski definition) is 9. The Hall–Kier alpha value is -2.30. The summed E-state index contributed by atoms with van der Waals surface area (Å²) in [5, 5.41) is 19.4. The van der Waals surface area contributed by atoms with Gasteiger partial charge in [-0.3, -0.25) is 15.4 Å². The molecule has 0 unspecified atom stereocenters. The van der Waals surface area contributed by atoms with Gasteiger partial charge in [0.05, 0.1) is 25.5 Å². The summed E-state index contributed by atoms with van der Waals surface area (Å²) in [6, 6.07) is 0. The maximum Gasteiger partial charge on any atom is 0.0817 e. The van der Waals surface area contributed by atoms with Crippen LogP contribution in [0.2, 0.25) is 0 Å². The van der Waals surface area contributed by atoms with Gasteiger partial charge in [0.1, 0.15) is 0 Å². The Balaban J connectivity index is -0.0000000576. The van der Waals surface area contributed by atoms with Crippen LogP contribution in [-0.2, 0) is 0 Å². The van der Waals surface area contributed by atoms with Gasteiger partial charge in [0.2, 0.25) is 0 Å². The minimum Gasteiger partial charge on any atom is -0.394 e. The van der Waals surface area contributed by atoms with Crippen LogP contribution in [0.5, 0.6) is 0 Å². The van der Waals surface area contributed by atoms with Crippen molar-refractivity contribution in [3.05, 3.63) is 12.3 Å². The lowest BCUT2D eigenvalue weighted by molar-refractivity contribution is 0.806. The van der Waals surface area contributed by atoms with E-state index in [1.165, 1.54) is 0 Å². The predicted molar refractivity (Wildman–Crippen MR) is 141 cm³/mol. The Morgan fingerprint density at radius 2 is 1.43 bits per heavy atom. The van der Waals surface area contributed by atoms with Gasteiger partial charge < -0.3 is 15.6 Å². The molecule has 0 aromatic carbocycles. The van der Waals surface area contributed by atoms with E-state index in [1.54, 1.807) is 65.9 Å². The molecule has 0 amide bonds. The van der Waals surface area contributed by atoms with Crippen molar-refractivity contribution in [3.8, 4) is 0 Å². The smallest absolute Gasteiger partial charge is 0.0817 e. The molecule has 0 saturated heterocycles. The Labute approximate surface area is 190 Å². The van der Waals surface area contributed by atoms with E-state index < -0.39 is 0 Å². The highest BCUT2D eigenvalue weighted by Crippen LogP contribution is 1.78. The molecule has 0 spiro atoms. The molecule has 11 heteroatoms. The molecule has 0 aliphatic carbocycles. The number of azo groups is 1. The van der Waals surface area contributed by atoms with Crippen LogP contribution in [0.3, 0.4) is 0 Å². The van der Waals surface area contributed by atoms with Crippen LogP contribution in [-0.4, -0.2) is 87.3 Å². The first kappa shape index (κ1) is 41.9. The van der Waals surface area contributed by atoms with Crippen LogP contribution in [0, 0.1) is 0 Å². The van der Waals surface area contributed by atoms with Crippen molar-refractivity contribution in [1.82, 2.24) is 16.1 Å². The van der Waals surface area contributed by atoms with E-state index in [9.17, 15) is 0 Å². The number of rotatable bonds is 6. The van der Waals surface area contributed by atoms with Gasteiger partial charge in [-0.25, -0.2) is 0 Å². The zero-order valence-electron chi connectivity index (χ0n) is 21.3. The van der Waals surface area contributed by atoms with Crippen molar-refractivity contribution in [2.45, 2.75) is 27.2 Å². The summed E-state index contributed by atoms with van der Waals surface area (Å²) in [7, 11) is 13.9. The molecule has 180 valence electrons. The first-order chi connectivity index (χ1) is 14.5. The van der Waals surface area contributed by atoms with E-state index in [0.29, 0.717) is 0 Å². The van der Waals surface area contributed by atoms with Gasteiger partial charge in [-0.1, -0.05) is 18.2 Å². The Kier molecular flexibility index (Phi) is 100. The Morgan fingerprint density at radius 3 is 1.43 bits per heavy atom. The highest BCUT2D eigenvalue weighted by atomic mass is 32.2. The highest BCUT2D eigenvalue weighted by Gasteiger charge is 1.53. The second-order valence-corrected chi connectivity index (χ2v) is 4.78. The van der Waals surface area contributed by atoms with Crippen LogP contribution in [0.1, 0.15) is 27.2 Å². The van der Waals surface area contributed by atoms with E-state index in [4.69, 9.17) is 0 Å². The summed E-state index contributed by atoms with van der Waals surface area (Å²) in [6.45, 7) is 6.78. The summed E-state index contributed by atoms with van der Waals surface area (Å²) in [5.41, 5.74) is 4.27. The van der Waals surface area contributed by atoms with Gasteiger partial charge in [-0.05, 0) is 38.9 Å². The third-order valence-corrected chi connectivity index (χ3v) is 2.07. The molecule has 0 aliphatic rings. The maximum absolute atomic E-state index is 3.73. The lowest BCUT2D eigenvalue weighted by Crippen LogP contribution is -1.99. The molecule has 0 aromatic rings. The van der Waals surface area contributed by atoms with E-state index in [1.807, 2.05) is 52.7 Å². The van der Waals surface area contributed by atoms with Crippen LogP contribution in [0.15, 0.2) is 47.8 Å². The highest BCUT2D eigenvalue weighted by molar-refractivity contribution is 8.11. The topological polar surface area (TPSA) is 123 Å². The number of thioether (sulfide) groups is 1. The Bertz CT molecular complexity index is 288. The molecule has 3 N–H and O–H groups in total. The molecular formula is C19H48N10S. The number of nitrogens with one attached hydrogen (secondary N) is 3. The van der Waals surface area contributed by atoms with Crippen molar-refractivity contribution >= 4 is 29.9 Å². The lowest BCUT2D eigenvalue weighted by Gasteiger charge is -1.75. The SMILES string of the molecule is CC=CNC.CCC=NC.CCN=NC.CN=CNC.CN=CSC.CN=NNC. The first-order valence-corrected chi connectivity index (χ1v) is 10.7. The summed E-state index contributed by atoms with van der Waals surface area (Å²) in [6.07, 6.45) is 10.4. The zero-order chi connectivity index (χ0) is 24.7. The summed E-state index contributed by atoms with van der Waals surface area (Å²) in [5.74, 6) is 0. The molecule has 0 heterocycles. The molecule has 30 heavy (non-hydrogen) atoms. The molecule has 0 fully saturated rings. The molecule has 0 saturated carbocycles. The maximum atomic E-state index is 3.73. The van der Waals surface area contributed by atoms with Gasteiger partial charge in [-0.15, -0.1) is 11.8 Å². The molecule has 0 aromatic heterocycles. The lowest BCUT2D eigenvalue weighted by atomic mass is 10.5. The minimum absolute atomic E-state index is 0.802. The van der Waals surface area contributed by atoms with Gasteiger partial charge in [0, 0.05) is 49.3 Å². The fourth-order valence-corrected chi connectivity index (χ4v) is 1.04. The van der Waals surface area contributed by atoms with Crippen molar-refractivity contribution in [2.75, 3.05) is 69.2 Å². The van der Waals surface area contributed by atoms with Crippen molar-refractivity contribution in [2.24, 2.45) is 35.5 Å². The van der Waals surface area contributed by atoms with Crippen molar-refractivity contribution in [1.29, 1.82) is 0 Å². The third-order valence-electron chi connectivity index (χ3n) is 1.65. The number of allylic oxidation sites excluding steroid dienone is 1. The molecule has 0 radical (unpaired) electrons. The van der Waals surface area contributed by atoms with Crippen LogP contribution in [0.25, 0.3) is 0 Å². The molecule has 0 rings (SSSR count). The number of aliphatic imine (C=N–C) groups is 3. The summed E-state index contributed by atoms with van der Waals surface area (Å²) in [4.78, 5) is 11.0. The second kappa shape index (κ2) is 71.5. The second-order valence-electron chi connectivity index (χ2n) is 4.09. The van der Waals surface area contributed by atoms with E-state index >= 15 is 0 Å². The van der Waals surface area contributed by atoms with E-state index in [2.05, 4.69) is 58.5 Å². The zero-order valence-corrected chi connectivity index (χ0v) is 22.2. The minimum atomic E-state index is 0.802. The van der Waals surface area contributed by atoms with E-state index in [0.717, 1.165) is 13.0 Å². The van der Waals surface area contributed by atoms with E-state index in [-0.39, 0.29) is 0 Å². The molecule has 0 atom stereocenters. The average molecular weight is 449 g/mol. The molecular weight excluding hydrogens is 400 g/mol.